The summed E-state index contributed by atoms with van der Waals surface area (Å²) in [4.78, 5) is 0. The number of hydrogen-bond acceptors (Lipinski definition) is 9. The Morgan fingerprint density at radius 1 is 0.923 bits per heavy atom. The van der Waals surface area contributed by atoms with Gasteiger partial charge in [-0.15, -0.1) is 11.8 Å². The fraction of sp³-hybridized carbons (Fsp3) is 0.294. The number of hydrogen-bond donors (Lipinski definition) is 7. The molecule has 0 aromatic heterocycles. The maximum Gasteiger partial charge on any atom is 0.200 e. The lowest BCUT2D eigenvalue weighted by Crippen LogP contribution is -2.33. The standard InChI is InChI=1S/C17H18O8S/c18-1-2-26-17-13-9(20)5-8(19)6-12(13)25-16(15(17)24)7-3-10(21)14(23)11(22)4-7/h3-6,15-24H,1-2H2. The summed E-state index contributed by atoms with van der Waals surface area (Å²) in [6, 6.07) is 4.69. The zero-order valence-electron chi connectivity index (χ0n) is 13.4. The second kappa shape index (κ2) is 7.02. The van der Waals surface area contributed by atoms with Crippen LogP contribution in [0.1, 0.15) is 22.5 Å². The van der Waals surface area contributed by atoms with E-state index in [1.165, 1.54) is 17.8 Å². The van der Waals surface area contributed by atoms with Crippen molar-refractivity contribution in [2.45, 2.75) is 17.5 Å². The maximum atomic E-state index is 10.8. The normalized spacial score (nSPS) is 21.8. The molecule has 2 aromatic rings. The van der Waals surface area contributed by atoms with E-state index in [9.17, 15) is 30.6 Å². The van der Waals surface area contributed by atoms with Gasteiger partial charge in [0.1, 0.15) is 23.4 Å². The van der Waals surface area contributed by atoms with Crippen molar-refractivity contribution in [3.05, 3.63) is 35.4 Å². The number of aliphatic hydroxyl groups excluding tert-OH is 2. The van der Waals surface area contributed by atoms with Crippen molar-refractivity contribution in [3.63, 3.8) is 0 Å². The molecule has 1 aliphatic rings. The van der Waals surface area contributed by atoms with Crippen LogP contribution in [0.25, 0.3) is 0 Å². The second-order valence-corrected chi connectivity index (χ2v) is 7.08. The molecule has 9 heteroatoms. The molecule has 0 radical (unpaired) electrons. The second-order valence-electron chi connectivity index (χ2n) is 5.83. The van der Waals surface area contributed by atoms with Crippen molar-refractivity contribution in [2.24, 2.45) is 0 Å². The van der Waals surface area contributed by atoms with Gasteiger partial charge in [-0.1, -0.05) is 0 Å². The Kier molecular flexibility index (Phi) is 4.94. The minimum atomic E-state index is -1.21. The SMILES string of the molecule is OCCSC1c2c(O)cc(O)cc2OC(c2cc(O)c(O)c(O)c2)C1O. The fourth-order valence-electron chi connectivity index (χ4n) is 2.93. The minimum Gasteiger partial charge on any atom is -0.508 e. The van der Waals surface area contributed by atoms with Gasteiger partial charge in [-0.2, -0.15) is 0 Å². The molecule has 0 fully saturated rings. The fourth-order valence-corrected chi connectivity index (χ4v) is 4.04. The molecule has 7 N–H and O–H groups in total. The van der Waals surface area contributed by atoms with E-state index in [0.29, 0.717) is 0 Å². The molecule has 0 saturated carbocycles. The smallest absolute Gasteiger partial charge is 0.200 e. The van der Waals surface area contributed by atoms with Crippen LogP contribution < -0.4 is 4.74 Å². The van der Waals surface area contributed by atoms with Gasteiger partial charge in [-0.25, -0.2) is 0 Å². The molecule has 3 unspecified atom stereocenters. The first kappa shape index (κ1) is 18.3. The van der Waals surface area contributed by atoms with E-state index in [4.69, 9.17) is 9.84 Å². The Labute approximate surface area is 152 Å². The van der Waals surface area contributed by atoms with Crippen LogP contribution in [0.4, 0.5) is 0 Å². The molecule has 0 bridgehead atoms. The first-order chi connectivity index (χ1) is 12.3. The van der Waals surface area contributed by atoms with E-state index in [1.54, 1.807) is 0 Å². The van der Waals surface area contributed by atoms with Gasteiger partial charge >= 0.3 is 0 Å². The molecule has 2 aromatic carbocycles. The van der Waals surface area contributed by atoms with Crippen molar-refractivity contribution in [1.82, 2.24) is 0 Å². The molecular weight excluding hydrogens is 364 g/mol. The van der Waals surface area contributed by atoms with Crippen LogP contribution in [-0.2, 0) is 0 Å². The highest BCUT2D eigenvalue weighted by Crippen LogP contribution is 2.53. The minimum absolute atomic E-state index is 0.125. The molecule has 140 valence electrons. The van der Waals surface area contributed by atoms with Crippen molar-refractivity contribution in [2.75, 3.05) is 12.4 Å². The molecule has 26 heavy (non-hydrogen) atoms. The third-order valence-electron chi connectivity index (χ3n) is 4.07. The van der Waals surface area contributed by atoms with Gasteiger partial charge in [-0.3, -0.25) is 0 Å². The van der Waals surface area contributed by atoms with Crippen molar-refractivity contribution < 1.29 is 40.5 Å². The van der Waals surface area contributed by atoms with Gasteiger partial charge in [0.25, 0.3) is 0 Å². The summed E-state index contributed by atoms with van der Waals surface area (Å²) < 4.78 is 5.70. The molecular formula is C17H18O8S. The number of aromatic hydroxyl groups is 5. The van der Waals surface area contributed by atoms with Crippen LogP contribution in [0.3, 0.4) is 0 Å². The Bertz CT molecular complexity index is 802. The number of phenols is 5. The molecule has 0 spiro atoms. The van der Waals surface area contributed by atoms with E-state index in [0.717, 1.165) is 18.2 Å². The Morgan fingerprint density at radius 2 is 1.58 bits per heavy atom. The summed E-state index contributed by atoms with van der Waals surface area (Å²) >= 11 is 1.18. The monoisotopic (exact) mass is 382 g/mol. The average Bonchev–Trinajstić information content (AvgIpc) is 2.58. The van der Waals surface area contributed by atoms with Gasteiger partial charge in [0.05, 0.1) is 17.4 Å². The summed E-state index contributed by atoms with van der Waals surface area (Å²) in [6.45, 7) is -0.144. The lowest BCUT2D eigenvalue weighted by molar-refractivity contribution is 0.0173. The maximum absolute atomic E-state index is 10.8. The van der Waals surface area contributed by atoms with Gasteiger partial charge < -0.3 is 40.5 Å². The van der Waals surface area contributed by atoms with E-state index in [1.807, 2.05) is 0 Å². The third kappa shape index (κ3) is 3.16. The number of benzene rings is 2. The van der Waals surface area contributed by atoms with Gasteiger partial charge in [-0.05, 0) is 12.1 Å². The Morgan fingerprint density at radius 3 is 2.19 bits per heavy atom. The van der Waals surface area contributed by atoms with Crippen LogP contribution in [-0.4, -0.2) is 54.2 Å². The van der Waals surface area contributed by atoms with E-state index in [-0.39, 0.29) is 40.7 Å². The number of rotatable bonds is 4. The molecule has 8 nitrogen and oxygen atoms in total. The number of ether oxygens (including phenoxy) is 1. The topological polar surface area (TPSA) is 151 Å². The average molecular weight is 382 g/mol. The predicted octanol–water partition coefficient (Wildman–Crippen LogP) is 1.48. The predicted molar refractivity (Wildman–Crippen MR) is 92.9 cm³/mol. The van der Waals surface area contributed by atoms with Crippen molar-refractivity contribution >= 4 is 11.8 Å². The summed E-state index contributed by atoms with van der Waals surface area (Å²) in [5, 5.41) is 68.0. The summed E-state index contributed by atoms with van der Waals surface area (Å²) in [5.41, 5.74) is 0.464. The summed E-state index contributed by atoms with van der Waals surface area (Å²) in [7, 11) is 0. The quantitative estimate of drug-likeness (QED) is 0.390. The van der Waals surface area contributed by atoms with Crippen LogP contribution >= 0.6 is 11.8 Å². The summed E-state index contributed by atoms with van der Waals surface area (Å²) in [5.74, 6) is -1.95. The highest BCUT2D eigenvalue weighted by molar-refractivity contribution is 7.99. The highest BCUT2D eigenvalue weighted by atomic mass is 32.2. The number of phenolic OH excluding ortho intramolecular Hbond substituents is 5. The van der Waals surface area contributed by atoms with Crippen molar-refractivity contribution in [3.8, 4) is 34.5 Å². The van der Waals surface area contributed by atoms with Crippen LogP contribution in [0, 0.1) is 0 Å². The van der Waals surface area contributed by atoms with Gasteiger partial charge in [0.15, 0.2) is 23.4 Å². The van der Waals surface area contributed by atoms with E-state index in [2.05, 4.69) is 0 Å². The zero-order valence-corrected chi connectivity index (χ0v) is 14.2. The van der Waals surface area contributed by atoms with Crippen LogP contribution in [0.15, 0.2) is 24.3 Å². The lowest BCUT2D eigenvalue weighted by Gasteiger charge is -2.37. The first-order valence-corrected chi connectivity index (χ1v) is 8.76. The largest absolute Gasteiger partial charge is 0.508 e. The molecule has 1 heterocycles. The van der Waals surface area contributed by atoms with Gasteiger partial charge in [0.2, 0.25) is 0 Å². The molecule has 3 rings (SSSR count). The summed E-state index contributed by atoms with van der Waals surface area (Å²) in [6.07, 6.45) is -2.27. The molecule has 3 atom stereocenters. The zero-order chi connectivity index (χ0) is 19.0. The van der Waals surface area contributed by atoms with Crippen LogP contribution in [0.5, 0.6) is 34.5 Å². The van der Waals surface area contributed by atoms with E-state index < -0.39 is 34.7 Å². The Hall–Kier alpha value is -2.49. The molecule has 0 aliphatic carbocycles. The van der Waals surface area contributed by atoms with E-state index >= 15 is 0 Å². The molecule has 0 saturated heterocycles. The van der Waals surface area contributed by atoms with Gasteiger partial charge in [0, 0.05) is 23.4 Å². The highest BCUT2D eigenvalue weighted by Gasteiger charge is 2.41. The number of aliphatic hydroxyl groups is 2. The number of thioether (sulfide) groups is 1. The Balaban J connectivity index is 2.08. The first-order valence-electron chi connectivity index (χ1n) is 7.71. The van der Waals surface area contributed by atoms with Crippen LogP contribution in [0.2, 0.25) is 0 Å². The third-order valence-corrected chi connectivity index (χ3v) is 5.37. The molecule has 1 aliphatic heterocycles. The number of fused-ring (bicyclic) bond motifs is 1. The van der Waals surface area contributed by atoms with Crippen molar-refractivity contribution in [1.29, 1.82) is 0 Å². The molecule has 0 amide bonds. The lowest BCUT2D eigenvalue weighted by atomic mass is 9.93.